The topological polar surface area (TPSA) is 44.1 Å². The van der Waals surface area contributed by atoms with Gasteiger partial charge in [-0.2, -0.15) is 0 Å². The van der Waals surface area contributed by atoms with Crippen molar-refractivity contribution < 1.29 is 9.53 Å². The number of hydrogen-bond donors (Lipinski definition) is 0. The van der Waals surface area contributed by atoms with Crippen molar-refractivity contribution in [3.63, 3.8) is 0 Å². The Balaban J connectivity index is 1.83. The van der Waals surface area contributed by atoms with E-state index >= 15 is 0 Å². The number of aryl methyl sites for hydroxylation is 1. The summed E-state index contributed by atoms with van der Waals surface area (Å²) in [6, 6.07) is 6.25. The monoisotopic (exact) mass is 298 g/mol. The lowest BCUT2D eigenvalue weighted by atomic mass is 9.93. The number of hydrogen-bond acceptors (Lipinski definition) is 3. The lowest BCUT2D eigenvalue weighted by Gasteiger charge is -2.17. The number of carbonyl (C=O) groups excluding carboxylic acids is 1. The van der Waals surface area contributed by atoms with Crippen molar-refractivity contribution in [1.82, 2.24) is 9.55 Å². The van der Waals surface area contributed by atoms with Crippen LogP contribution in [0.2, 0.25) is 0 Å². The third-order valence-electron chi connectivity index (χ3n) is 4.51. The van der Waals surface area contributed by atoms with Crippen molar-refractivity contribution in [2.75, 3.05) is 6.61 Å². The zero-order valence-electron chi connectivity index (χ0n) is 13.4. The second-order valence-electron chi connectivity index (χ2n) is 6.19. The summed E-state index contributed by atoms with van der Waals surface area (Å²) in [7, 11) is 0. The molecule has 0 radical (unpaired) electrons. The van der Waals surface area contributed by atoms with E-state index in [0.717, 1.165) is 5.82 Å². The molecule has 4 nitrogen and oxygen atoms in total. The van der Waals surface area contributed by atoms with Crippen molar-refractivity contribution >= 4 is 6.09 Å². The Bertz CT molecular complexity index is 686. The van der Waals surface area contributed by atoms with Gasteiger partial charge >= 0.3 is 6.09 Å². The van der Waals surface area contributed by atoms with Gasteiger partial charge in [0.15, 0.2) is 0 Å². The molecule has 1 aliphatic rings. The lowest BCUT2D eigenvalue weighted by Crippen LogP contribution is -2.19. The number of carbonyl (C=O) groups is 1. The Morgan fingerprint density at radius 2 is 2.18 bits per heavy atom. The average molecular weight is 298 g/mol. The summed E-state index contributed by atoms with van der Waals surface area (Å²) in [6.07, 6.45) is 5.37. The Kier molecular flexibility index (Phi) is 4.01. The van der Waals surface area contributed by atoms with Crippen LogP contribution in [0.25, 0.3) is 0 Å². The summed E-state index contributed by atoms with van der Waals surface area (Å²) < 4.78 is 6.91. The molecule has 0 unspecified atom stereocenters. The van der Waals surface area contributed by atoms with Crippen LogP contribution in [-0.2, 0) is 4.74 Å². The van der Waals surface area contributed by atoms with Crippen LogP contribution >= 0.6 is 0 Å². The van der Waals surface area contributed by atoms with Crippen LogP contribution in [0.5, 0.6) is 0 Å². The summed E-state index contributed by atoms with van der Waals surface area (Å²) >= 11 is 0. The summed E-state index contributed by atoms with van der Waals surface area (Å²) in [5, 5.41) is 0. The van der Waals surface area contributed by atoms with E-state index in [1.165, 1.54) is 34.1 Å². The third-order valence-corrected chi connectivity index (χ3v) is 4.51. The number of rotatable bonds is 4. The molecule has 4 heteroatoms. The quantitative estimate of drug-likeness (QED) is 0.855. The van der Waals surface area contributed by atoms with Gasteiger partial charge in [-0.05, 0) is 49.3 Å². The molecular formula is C18H22N2O2. The van der Waals surface area contributed by atoms with Crippen molar-refractivity contribution in [3.05, 3.63) is 53.1 Å². The zero-order chi connectivity index (χ0) is 15.7. The van der Waals surface area contributed by atoms with E-state index in [2.05, 4.69) is 37.9 Å². The fraction of sp³-hybridized carbons (Fsp3) is 0.444. The van der Waals surface area contributed by atoms with Gasteiger partial charge in [-0.25, -0.2) is 14.3 Å². The molecule has 116 valence electrons. The summed E-state index contributed by atoms with van der Waals surface area (Å²) in [6.45, 7) is 6.81. The summed E-state index contributed by atoms with van der Waals surface area (Å²) in [5.41, 5.74) is 3.69. The number of imidazole rings is 1. The first kappa shape index (κ1) is 14.8. The minimum Gasteiger partial charge on any atom is -0.449 e. The van der Waals surface area contributed by atoms with Crippen molar-refractivity contribution in [3.8, 4) is 0 Å². The SMILES string of the molecule is Cc1cccc([C@H](C)c2nccn2C(=O)OCC2CC2)c1C. The standard InChI is InChI=1S/C18H22N2O2/c1-12-5-4-6-16(13(12)2)14(3)17-19-9-10-20(17)18(21)22-11-15-7-8-15/h4-6,9-10,14-15H,7-8,11H2,1-3H3/t14-/m0/s1. The Labute approximate surface area is 131 Å². The average Bonchev–Trinajstić information content (AvgIpc) is 3.21. The molecular weight excluding hydrogens is 276 g/mol. The lowest BCUT2D eigenvalue weighted by molar-refractivity contribution is 0.141. The highest BCUT2D eigenvalue weighted by molar-refractivity contribution is 5.71. The maximum absolute atomic E-state index is 12.2. The van der Waals surface area contributed by atoms with Gasteiger partial charge in [0.1, 0.15) is 5.82 Å². The van der Waals surface area contributed by atoms with Gasteiger partial charge in [-0.3, -0.25) is 0 Å². The number of nitrogens with zero attached hydrogens (tertiary/aromatic N) is 2. The van der Waals surface area contributed by atoms with Crippen LogP contribution in [0.3, 0.4) is 0 Å². The Morgan fingerprint density at radius 3 is 2.91 bits per heavy atom. The zero-order valence-corrected chi connectivity index (χ0v) is 13.4. The first-order valence-corrected chi connectivity index (χ1v) is 7.84. The maximum Gasteiger partial charge on any atom is 0.419 e. The van der Waals surface area contributed by atoms with Gasteiger partial charge in [0.2, 0.25) is 0 Å². The molecule has 0 amide bonds. The molecule has 0 N–H and O–H groups in total. The smallest absolute Gasteiger partial charge is 0.419 e. The van der Waals surface area contributed by atoms with E-state index in [-0.39, 0.29) is 12.0 Å². The van der Waals surface area contributed by atoms with Crippen LogP contribution in [0.15, 0.2) is 30.6 Å². The van der Waals surface area contributed by atoms with Gasteiger partial charge in [-0.1, -0.05) is 25.1 Å². The number of benzene rings is 1. The van der Waals surface area contributed by atoms with E-state index in [1.54, 1.807) is 12.4 Å². The van der Waals surface area contributed by atoms with Gasteiger partial charge in [0.05, 0.1) is 6.61 Å². The second-order valence-corrected chi connectivity index (χ2v) is 6.19. The molecule has 0 aliphatic heterocycles. The fourth-order valence-corrected chi connectivity index (χ4v) is 2.71. The normalized spacial score (nSPS) is 15.6. The highest BCUT2D eigenvalue weighted by Crippen LogP contribution is 2.30. The molecule has 1 saturated carbocycles. The maximum atomic E-state index is 12.2. The Morgan fingerprint density at radius 1 is 1.41 bits per heavy atom. The molecule has 0 saturated heterocycles. The van der Waals surface area contributed by atoms with E-state index in [4.69, 9.17) is 4.74 Å². The largest absolute Gasteiger partial charge is 0.449 e. The Hall–Kier alpha value is -2.10. The summed E-state index contributed by atoms with van der Waals surface area (Å²) in [5.74, 6) is 1.34. The highest BCUT2D eigenvalue weighted by Gasteiger charge is 2.25. The molecule has 22 heavy (non-hydrogen) atoms. The predicted molar refractivity (Wildman–Crippen MR) is 85.1 cm³/mol. The van der Waals surface area contributed by atoms with Crippen LogP contribution in [-0.4, -0.2) is 22.3 Å². The molecule has 1 heterocycles. The van der Waals surface area contributed by atoms with Crippen LogP contribution in [0.4, 0.5) is 4.79 Å². The molecule has 1 atom stereocenters. The van der Waals surface area contributed by atoms with E-state index < -0.39 is 0 Å². The van der Waals surface area contributed by atoms with Crippen molar-refractivity contribution in [1.29, 1.82) is 0 Å². The van der Waals surface area contributed by atoms with Gasteiger partial charge in [-0.15, -0.1) is 0 Å². The van der Waals surface area contributed by atoms with Gasteiger partial charge < -0.3 is 4.74 Å². The van der Waals surface area contributed by atoms with Crippen LogP contribution in [0.1, 0.15) is 48.2 Å². The number of ether oxygens (including phenoxy) is 1. The minimum absolute atomic E-state index is 0.0448. The molecule has 3 rings (SSSR count). The van der Waals surface area contributed by atoms with Crippen molar-refractivity contribution in [2.45, 2.75) is 39.5 Å². The molecule has 1 fully saturated rings. The summed E-state index contributed by atoms with van der Waals surface area (Å²) in [4.78, 5) is 16.6. The molecule has 0 bridgehead atoms. The van der Waals surface area contributed by atoms with Crippen molar-refractivity contribution in [2.24, 2.45) is 5.92 Å². The first-order valence-electron chi connectivity index (χ1n) is 7.84. The molecule has 1 aromatic heterocycles. The molecule has 1 aromatic carbocycles. The minimum atomic E-state index is -0.323. The van der Waals surface area contributed by atoms with Gasteiger partial charge in [0, 0.05) is 18.3 Å². The van der Waals surface area contributed by atoms with Gasteiger partial charge in [0.25, 0.3) is 0 Å². The van der Waals surface area contributed by atoms with Crippen LogP contribution < -0.4 is 0 Å². The third kappa shape index (κ3) is 2.91. The molecule has 0 spiro atoms. The number of aromatic nitrogens is 2. The molecule has 1 aliphatic carbocycles. The van der Waals surface area contributed by atoms with E-state index in [9.17, 15) is 4.79 Å². The predicted octanol–water partition coefficient (Wildman–Crippen LogP) is 4.05. The second kappa shape index (κ2) is 5.95. The molecule has 2 aromatic rings. The fourth-order valence-electron chi connectivity index (χ4n) is 2.71. The van der Waals surface area contributed by atoms with E-state index in [1.807, 2.05) is 6.07 Å². The highest BCUT2D eigenvalue weighted by atomic mass is 16.5. The first-order chi connectivity index (χ1) is 10.6. The van der Waals surface area contributed by atoms with E-state index in [0.29, 0.717) is 12.5 Å². The van der Waals surface area contributed by atoms with Crippen LogP contribution in [0, 0.1) is 19.8 Å².